The molecule has 75 heavy (non-hydrogen) atoms. The van der Waals surface area contributed by atoms with Crippen LogP contribution in [0.3, 0.4) is 0 Å². The Morgan fingerprint density at radius 2 is 0.787 bits per heavy atom. The van der Waals surface area contributed by atoms with Gasteiger partial charge in [0.15, 0.2) is 0 Å². The molecule has 2 aliphatic heterocycles. The van der Waals surface area contributed by atoms with Crippen LogP contribution in [0, 0.1) is 0 Å². The van der Waals surface area contributed by atoms with E-state index in [1.165, 1.54) is 117 Å². The number of hydrogen-bond acceptors (Lipinski definition) is 2. The highest BCUT2D eigenvalue weighted by Crippen LogP contribution is 2.53. The van der Waals surface area contributed by atoms with Crippen LogP contribution in [0.5, 0.6) is 0 Å². The molecule has 8 aromatic carbocycles. The van der Waals surface area contributed by atoms with E-state index in [1.54, 1.807) is 0 Å². The normalized spacial score (nSPS) is 15.8. The van der Waals surface area contributed by atoms with E-state index in [9.17, 15) is 0 Å². The van der Waals surface area contributed by atoms with Crippen molar-refractivity contribution in [2.75, 3.05) is 9.80 Å². The maximum atomic E-state index is 2.73. The summed E-state index contributed by atoms with van der Waals surface area (Å²) in [6.07, 6.45) is 2.30. The summed E-state index contributed by atoms with van der Waals surface area (Å²) in [5, 5.41) is 0. The van der Waals surface area contributed by atoms with Crippen LogP contribution in [-0.4, -0.2) is 6.71 Å². The van der Waals surface area contributed by atoms with Crippen LogP contribution >= 0.6 is 0 Å². The van der Waals surface area contributed by atoms with E-state index in [2.05, 4.69) is 284 Å². The van der Waals surface area contributed by atoms with Gasteiger partial charge in [-0.1, -0.05) is 208 Å². The Morgan fingerprint density at radius 3 is 1.31 bits per heavy atom. The number of benzene rings is 8. The zero-order valence-corrected chi connectivity index (χ0v) is 48.0. The van der Waals surface area contributed by atoms with Gasteiger partial charge >= 0.3 is 0 Å². The average molecular weight is 983 g/mol. The predicted molar refractivity (Wildman–Crippen MR) is 327 cm³/mol. The van der Waals surface area contributed by atoms with E-state index in [0.29, 0.717) is 0 Å². The topological polar surface area (TPSA) is 6.48 Å². The molecule has 0 radical (unpaired) electrons. The van der Waals surface area contributed by atoms with Crippen LogP contribution in [0.25, 0.3) is 33.4 Å². The zero-order chi connectivity index (χ0) is 53.4. The number of fused-ring (bicyclic) bond motifs is 5. The second-order valence-corrected chi connectivity index (χ2v) is 27.8. The molecule has 2 heterocycles. The fraction of sp³-hybridized carbons (Fsp3) is 0.333. The Kier molecular flexibility index (Phi) is 11.8. The Labute approximate surface area is 451 Å². The van der Waals surface area contributed by atoms with Gasteiger partial charge in [-0.05, 0) is 190 Å². The second-order valence-electron chi connectivity index (χ2n) is 27.8. The van der Waals surface area contributed by atoms with E-state index in [-0.39, 0.29) is 39.2 Å². The molecule has 0 unspecified atom stereocenters. The minimum Gasteiger partial charge on any atom is -0.311 e. The molecule has 0 fully saturated rings. The van der Waals surface area contributed by atoms with Crippen molar-refractivity contribution >= 4 is 57.2 Å². The van der Waals surface area contributed by atoms with Crippen LogP contribution in [0.1, 0.15) is 157 Å². The van der Waals surface area contributed by atoms with Crippen molar-refractivity contribution in [3.8, 4) is 33.4 Å². The molecule has 0 N–H and O–H groups in total. The maximum Gasteiger partial charge on any atom is 0.252 e. The summed E-state index contributed by atoms with van der Waals surface area (Å²) >= 11 is 0. The van der Waals surface area contributed by atoms with Crippen LogP contribution < -0.4 is 26.2 Å². The predicted octanol–water partition coefficient (Wildman–Crippen LogP) is 18.3. The Balaban J connectivity index is 1.30. The lowest BCUT2D eigenvalue weighted by atomic mass is 9.32. The van der Waals surface area contributed by atoms with Gasteiger partial charge in [0.2, 0.25) is 0 Å². The molecule has 1 aliphatic carbocycles. The van der Waals surface area contributed by atoms with Gasteiger partial charge in [-0.15, -0.1) is 0 Å². The summed E-state index contributed by atoms with van der Waals surface area (Å²) in [6, 6.07) is 64.0. The molecule has 0 saturated carbocycles. The molecular weight excluding hydrogens is 904 g/mol. The highest BCUT2D eigenvalue weighted by Gasteiger charge is 2.47. The molecule has 0 spiro atoms. The number of anilines is 6. The van der Waals surface area contributed by atoms with Crippen LogP contribution in [0.15, 0.2) is 164 Å². The van der Waals surface area contributed by atoms with Crippen LogP contribution in [0.4, 0.5) is 34.1 Å². The Hall–Kier alpha value is -6.58. The Morgan fingerprint density at radius 1 is 0.347 bits per heavy atom. The summed E-state index contributed by atoms with van der Waals surface area (Å²) in [5.41, 5.74) is 26.9. The quantitative estimate of drug-likeness (QED) is 0.159. The fourth-order valence-corrected chi connectivity index (χ4v) is 12.4. The first-order chi connectivity index (χ1) is 35.2. The summed E-state index contributed by atoms with van der Waals surface area (Å²) in [7, 11) is 0. The van der Waals surface area contributed by atoms with Gasteiger partial charge in [0.1, 0.15) is 0 Å². The van der Waals surface area contributed by atoms with Crippen molar-refractivity contribution in [1.82, 2.24) is 0 Å². The molecular formula is C72H79BN2. The lowest BCUT2D eigenvalue weighted by Crippen LogP contribution is -2.62. The van der Waals surface area contributed by atoms with Crippen molar-refractivity contribution < 1.29 is 0 Å². The van der Waals surface area contributed by atoms with Crippen molar-refractivity contribution in [1.29, 1.82) is 0 Å². The SMILES string of the molecule is CC(C)(C)c1ccc(N2c3ccc(C(C)(C)C)cc3B3c4cc5c(cc4N(c4ccc(C(C)(C)C)cc4-c4cc(-c6ccccc6)cc(-c6ccccc6)c4)c4cc(C(C)(C)C)cc2c43)C(C)(C)CCC5(C)C)cc1. The summed E-state index contributed by atoms with van der Waals surface area (Å²) in [5.74, 6) is 0. The molecule has 2 nitrogen and oxygen atoms in total. The van der Waals surface area contributed by atoms with Crippen molar-refractivity contribution in [2.45, 2.75) is 156 Å². The van der Waals surface area contributed by atoms with Gasteiger partial charge in [-0.2, -0.15) is 0 Å². The molecule has 3 aliphatic rings. The zero-order valence-electron chi connectivity index (χ0n) is 48.0. The third kappa shape index (κ3) is 8.87. The fourth-order valence-electron chi connectivity index (χ4n) is 12.4. The minimum absolute atomic E-state index is 0.00232. The molecule has 11 rings (SSSR count). The largest absolute Gasteiger partial charge is 0.311 e. The van der Waals surface area contributed by atoms with Crippen LogP contribution in [-0.2, 0) is 32.5 Å². The smallest absolute Gasteiger partial charge is 0.252 e. The molecule has 8 aromatic rings. The van der Waals surface area contributed by atoms with Gasteiger partial charge in [-0.25, -0.2) is 0 Å². The van der Waals surface area contributed by atoms with Crippen LogP contribution in [0.2, 0.25) is 0 Å². The van der Waals surface area contributed by atoms with Gasteiger partial charge < -0.3 is 9.80 Å². The summed E-state index contributed by atoms with van der Waals surface area (Å²) in [4.78, 5) is 5.35. The summed E-state index contributed by atoms with van der Waals surface area (Å²) < 4.78 is 0. The first-order valence-corrected chi connectivity index (χ1v) is 27.8. The third-order valence-electron chi connectivity index (χ3n) is 17.3. The van der Waals surface area contributed by atoms with Crippen molar-refractivity contribution in [2.24, 2.45) is 0 Å². The lowest BCUT2D eigenvalue weighted by Gasteiger charge is -2.48. The first kappa shape index (κ1) is 50.6. The molecule has 380 valence electrons. The van der Waals surface area contributed by atoms with Gasteiger partial charge in [0.25, 0.3) is 6.71 Å². The van der Waals surface area contributed by atoms with Gasteiger partial charge in [0.05, 0.1) is 5.69 Å². The minimum atomic E-state index is -0.152. The lowest BCUT2D eigenvalue weighted by molar-refractivity contribution is 0.332. The Bertz CT molecular complexity index is 3450. The van der Waals surface area contributed by atoms with Gasteiger partial charge in [0, 0.05) is 34.0 Å². The third-order valence-corrected chi connectivity index (χ3v) is 17.3. The average Bonchev–Trinajstić information content (AvgIpc) is 3.40. The number of nitrogens with zero attached hydrogens (tertiary/aromatic N) is 2. The molecule has 0 bridgehead atoms. The molecule has 3 heteroatoms. The van der Waals surface area contributed by atoms with E-state index in [4.69, 9.17) is 0 Å². The standard InChI is InChI=1S/C72H79BN2/c1-67(2,3)51-27-31-55(32-28-51)74-62-34-30-53(69(7,8)9)41-59(62)73-60-44-57-58(72(15,16)36-35-71(57,13)14)45-63(60)75(65-43-54(70(10,11)12)42-64(74)66(65)73)61-33-29-52(68(4,5)6)40-56(61)50-38-48(46-23-19-17-20-24-46)37-49(39-50)47-25-21-18-22-26-47/h17-34,37-45H,35-36H2,1-16H3. The van der Waals surface area contributed by atoms with Gasteiger partial charge in [-0.3, -0.25) is 0 Å². The summed E-state index contributed by atoms with van der Waals surface area (Å²) in [6.45, 7) is 38.2. The van der Waals surface area contributed by atoms with E-state index < -0.39 is 0 Å². The van der Waals surface area contributed by atoms with Crippen molar-refractivity contribution in [3.63, 3.8) is 0 Å². The second kappa shape index (κ2) is 17.5. The maximum absolute atomic E-state index is 2.73. The molecule has 0 amide bonds. The molecule has 0 aromatic heterocycles. The highest BCUT2D eigenvalue weighted by molar-refractivity contribution is 7.00. The number of hydrogen-bond donors (Lipinski definition) is 0. The van der Waals surface area contributed by atoms with E-state index in [1.807, 2.05) is 0 Å². The molecule has 0 atom stereocenters. The van der Waals surface area contributed by atoms with E-state index >= 15 is 0 Å². The monoisotopic (exact) mass is 983 g/mol. The molecule has 0 saturated heterocycles. The number of rotatable bonds is 5. The van der Waals surface area contributed by atoms with Crippen molar-refractivity contribution in [3.05, 3.63) is 197 Å². The first-order valence-electron chi connectivity index (χ1n) is 27.8. The van der Waals surface area contributed by atoms with E-state index in [0.717, 1.165) is 12.8 Å². The highest BCUT2D eigenvalue weighted by atomic mass is 15.2.